The molecule has 0 unspecified atom stereocenters. The van der Waals surface area contributed by atoms with Crippen molar-refractivity contribution in [2.75, 3.05) is 6.54 Å². The van der Waals surface area contributed by atoms with Crippen LogP contribution < -0.4 is 5.32 Å². The molecule has 1 aromatic rings. The Morgan fingerprint density at radius 2 is 2.40 bits per heavy atom. The van der Waals surface area contributed by atoms with Crippen molar-refractivity contribution in [1.82, 2.24) is 15.3 Å². The minimum atomic E-state index is -0.00110. The fraction of sp³-hybridized carbons (Fsp3) is 0.600. The highest BCUT2D eigenvalue weighted by molar-refractivity contribution is 5.72. The van der Waals surface area contributed by atoms with Gasteiger partial charge >= 0.3 is 0 Å². The van der Waals surface area contributed by atoms with E-state index in [0.717, 1.165) is 30.8 Å². The monoisotopic (exact) mass is 211 g/mol. The van der Waals surface area contributed by atoms with E-state index in [1.54, 1.807) is 6.20 Å². The smallest absolute Gasteiger partial charge is 0.216 e. The molecule has 0 radical (unpaired) electrons. The van der Waals surface area contributed by atoms with Gasteiger partial charge in [-0.05, 0) is 12.8 Å². The maximum absolute atomic E-state index is 10.6. The van der Waals surface area contributed by atoms with Crippen LogP contribution in [0.4, 0.5) is 0 Å². The number of aromatic nitrogens is 2. The lowest BCUT2D eigenvalue weighted by molar-refractivity contribution is -0.118. The average Bonchev–Trinajstić information content (AvgIpc) is 2.65. The van der Waals surface area contributed by atoms with Gasteiger partial charge in [-0.3, -0.25) is 4.79 Å². The van der Waals surface area contributed by atoms with Crippen molar-refractivity contribution in [1.29, 1.82) is 0 Å². The van der Waals surface area contributed by atoms with Crippen LogP contribution in [0.3, 0.4) is 0 Å². The maximum atomic E-state index is 10.6. The van der Waals surface area contributed by atoms with Crippen LogP contribution in [0.15, 0.2) is 6.20 Å². The Bertz CT molecular complexity index is 309. The van der Waals surface area contributed by atoms with Gasteiger partial charge in [0.1, 0.15) is 5.82 Å². The predicted molar refractivity (Wildman–Crippen MR) is 56.1 cm³/mol. The summed E-state index contributed by atoms with van der Waals surface area (Å²) < 4.78 is 0. The first-order chi connectivity index (χ1) is 7.22. The Balaban J connectivity index is 2.12. The number of aromatic amines is 1. The van der Waals surface area contributed by atoms with Gasteiger partial charge in [0, 0.05) is 19.9 Å². The lowest BCUT2D eigenvalue weighted by atomic mass is 10.2. The van der Waals surface area contributed by atoms with E-state index in [-0.39, 0.29) is 12.5 Å². The number of aliphatic hydroxyl groups excluding tert-OH is 1. The molecule has 0 saturated heterocycles. The molecule has 1 heterocycles. The number of hydrogen-bond acceptors (Lipinski definition) is 3. The number of hydrogen-bond donors (Lipinski definition) is 3. The Morgan fingerprint density at radius 3 is 3.00 bits per heavy atom. The number of unbranched alkanes of at least 4 members (excludes halogenated alkanes) is 1. The summed E-state index contributed by atoms with van der Waals surface area (Å²) in [5, 5.41) is 11.5. The zero-order valence-corrected chi connectivity index (χ0v) is 8.92. The maximum Gasteiger partial charge on any atom is 0.216 e. The summed E-state index contributed by atoms with van der Waals surface area (Å²) in [5.74, 6) is 0.900. The number of H-pyrrole nitrogens is 1. The van der Waals surface area contributed by atoms with E-state index in [1.807, 2.05) is 0 Å². The zero-order valence-electron chi connectivity index (χ0n) is 8.92. The SMILES string of the molecule is CC(=O)NCCCCc1ncc(CO)[nH]1. The first-order valence-corrected chi connectivity index (χ1v) is 5.10. The van der Waals surface area contributed by atoms with Crippen LogP contribution in [0.25, 0.3) is 0 Å². The molecule has 0 atom stereocenters. The number of rotatable bonds is 6. The van der Waals surface area contributed by atoms with Crippen molar-refractivity contribution in [3.8, 4) is 0 Å². The molecule has 1 amide bonds. The molecule has 1 rings (SSSR count). The lowest BCUT2D eigenvalue weighted by Gasteiger charge is -2.00. The minimum absolute atomic E-state index is 0.00110. The Labute approximate surface area is 88.9 Å². The molecule has 0 fully saturated rings. The third-order valence-electron chi connectivity index (χ3n) is 2.07. The predicted octanol–water partition coefficient (Wildman–Crippen LogP) is 0.361. The van der Waals surface area contributed by atoms with Crippen molar-refractivity contribution in [2.45, 2.75) is 32.8 Å². The number of imidazole rings is 1. The summed E-state index contributed by atoms with van der Waals surface area (Å²) in [7, 11) is 0. The molecule has 0 bridgehead atoms. The number of aryl methyl sites for hydroxylation is 1. The highest BCUT2D eigenvalue weighted by Gasteiger charge is 1.99. The quantitative estimate of drug-likeness (QED) is 0.594. The summed E-state index contributed by atoms with van der Waals surface area (Å²) in [6.45, 7) is 2.22. The molecule has 84 valence electrons. The molecule has 0 aliphatic rings. The molecule has 0 spiro atoms. The van der Waals surface area contributed by atoms with Crippen molar-refractivity contribution in [2.24, 2.45) is 0 Å². The van der Waals surface area contributed by atoms with Gasteiger partial charge < -0.3 is 15.4 Å². The number of carbonyl (C=O) groups is 1. The fourth-order valence-electron chi connectivity index (χ4n) is 1.29. The van der Waals surface area contributed by atoms with Crippen molar-refractivity contribution in [3.63, 3.8) is 0 Å². The van der Waals surface area contributed by atoms with Gasteiger partial charge in [0.2, 0.25) is 5.91 Å². The number of aliphatic hydroxyl groups is 1. The molecular formula is C10H17N3O2. The molecular weight excluding hydrogens is 194 g/mol. The van der Waals surface area contributed by atoms with Crippen LogP contribution in [-0.2, 0) is 17.8 Å². The second kappa shape index (κ2) is 6.19. The zero-order chi connectivity index (χ0) is 11.1. The van der Waals surface area contributed by atoms with E-state index in [2.05, 4.69) is 15.3 Å². The average molecular weight is 211 g/mol. The van der Waals surface area contributed by atoms with Gasteiger partial charge in [0.25, 0.3) is 0 Å². The van der Waals surface area contributed by atoms with Gasteiger partial charge in [0.15, 0.2) is 0 Å². The first-order valence-electron chi connectivity index (χ1n) is 5.10. The Morgan fingerprint density at radius 1 is 1.60 bits per heavy atom. The molecule has 5 heteroatoms. The Kier molecular flexibility index (Phi) is 4.83. The molecule has 3 N–H and O–H groups in total. The normalized spacial score (nSPS) is 10.3. The number of carbonyl (C=O) groups excluding carboxylic acids is 1. The lowest BCUT2D eigenvalue weighted by Crippen LogP contribution is -2.20. The first kappa shape index (κ1) is 11.7. The summed E-state index contributed by atoms with van der Waals surface area (Å²) in [6, 6.07) is 0. The largest absolute Gasteiger partial charge is 0.390 e. The van der Waals surface area contributed by atoms with Crippen molar-refractivity contribution >= 4 is 5.91 Å². The van der Waals surface area contributed by atoms with Crippen LogP contribution in [-0.4, -0.2) is 27.5 Å². The van der Waals surface area contributed by atoms with Crippen LogP contribution >= 0.6 is 0 Å². The molecule has 5 nitrogen and oxygen atoms in total. The summed E-state index contributed by atoms with van der Waals surface area (Å²) in [6.07, 6.45) is 4.40. The summed E-state index contributed by atoms with van der Waals surface area (Å²) >= 11 is 0. The van der Waals surface area contributed by atoms with Crippen LogP contribution in [0.1, 0.15) is 31.3 Å². The van der Waals surface area contributed by atoms with E-state index in [1.165, 1.54) is 6.92 Å². The van der Waals surface area contributed by atoms with Crippen molar-refractivity contribution < 1.29 is 9.90 Å². The molecule has 0 aliphatic heterocycles. The number of amides is 1. The van der Waals surface area contributed by atoms with Gasteiger partial charge in [-0.2, -0.15) is 0 Å². The van der Waals surface area contributed by atoms with Crippen LogP contribution in [0.2, 0.25) is 0 Å². The second-order valence-electron chi connectivity index (χ2n) is 3.45. The standard InChI is InChI=1S/C10H17N3O2/c1-8(15)11-5-3-2-4-10-12-6-9(7-14)13-10/h6,14H,2-5,7H2,1H3,(H,11,15)(H,12,13). The third kappa shape index (κ3) is 4.60. The number of nitrogens with one attached hydrogen (secondary N) is 2. The van der Waals surface area contributed by atoms with Gasteiger partial charge in [-0.1, -0.05) is 0 Å². The minimum Gasteiger partial charge on any atom is -0.390 e. The second-order valence-corrected chi connectivity index (χ2v) is 3.45. The molecule has 15 heavy (non-hydrogen) atoms. The topological polar surface area (TPSA) is 78.0 Å². The highest BCUT2D eigenvalue weighted by Crippen LogP contribution is 2.01. The summed E-state index contributed by atoms with van der Waals surface area (Å²) in [5.41, 5.74) is 0.742. The van der Waals surface area contributed by atoms with E-state index in [0.29, 0.717) is 6.54 Å². The molecule has 0 aliphatic carbocycles. The Hall–Kier alpha value is -1.36. The fourth-order valence-corrected chi connectivity index (χ4v) is 1.29. The van der Waals surface area contributed by atoms with Gasteiger partial charge in [-0.15, -0.1) is 0 Å². The van der Waals surface area contributed by atoms with E-state index in [9.17, 15) is 4.79 Å². The third-order valence-corrected chi connectivity index (χ3v) is 2.07. The van der Waals surface area contributed by atoms with E-state index < -0.39 is 0 Å². The highest BCUT2D eigenvalue weighted by atomic mass is 16.3. The van der Waals surface area contributed by atoms with E-state index in [4.69, 9.17) is 5.11 Å². The molecule has 0 aromatic carbocycles. The van der Waals surface area contributed by atoms with Crippen molar-refractivity contribution in [3.05, 3.63) is 17.7 Å². The summed E-state index contributed by atoms with van der Waals surface area (Å²) in [4.78, 5) is 17.7. The van der Waals surface area contributed by atoms with Gasteiger partial charge in [0.05, 0.1) is 18.5 Å². The van der Waals surface area contributed by atoms with Gasteiger partial charge in [-0.25, -0.2) is 4.98 Å². The molecule has 0 saturated carbocycles. The van der Waals surface area contributed by atoms with E-state index >= 15 is 0 Å². The van der Waals surface area contributed by atoms with Crippen LogP contribution in [0, 0.1) is 0 Å². The number of nitrogens with zero attached hydrogens (tertiary/aromatic N) is 1. The van der Waals surface area contributed by atoms with Crippen LogP contribution in [0.5, 0.6) is 0 Å². The molecule has 1 aromatic heterocycles.